The molecule has 1 saturated heterocycles. The van der Waals surface area contributed by atoms with E-state index in [-0.39, 0.29) is 11.3 Å². The number of esters is 1. The van der Waals surface area contributed by atoms with Gasteiger partial charge in [-0.1, -0.05) is 6.07 Å². The first-order chi connectivity index (χ1) is 12.1. The number of anilines is 2. The van der Waals surface area contributed by atoms with Crippen molar-refractivity contribution in [3.8, 4) is 0 Å². The van der Waals surface area contributed by atoms with E-state index in [1.807, 2.05) is 23.1 Å². The van der Waals surface area contributed by atoms with Gasteiger partial charge in [0.15, 0.2) is 0 Å². The van der Waals surface area contributed by atoms with Crippen molar-refractivity contribution < 1.29 is 14.5 Å². The van der Waals surface area contributed by atoms with Gasteiger partial charge in [0.2, 0.25) is 0 Å². The summed E-state index contributed by atoms with van der Waals surface area (Å²) in [5.74, 6) is 0.338. The summed E-state index contributed by atoms with van der Waals surface area (Å²) in [6, 6.07) is 10.1. The Morgan fingerprint density at radius 3 is 2.48 bits per heavy atom. The molecule has 0 bridgehead atoms. The smallest absolute Gasteiger partial charge is 0.340 e. The van der Waals surface area contributed by atoms with Crippen LogP contribution in [0.25, 0.3) is 0 Å². The van der Waals surface area contributed by atoms with Crippen molar-refractivity contribution in [2.24, 2.45) is 0 Å². The van der Waals surface area contributed by atoms with Crippen molar-refractivity contribution in [3.05, 3.63) is 58.3 Å². The van der Waals surface area contributed by atoms with E-state index in [0.717, 1.165) is 18.9 Å². The van der Waals surface area contributed by atoms with Crippen LogP contribution in [-0.2, 0) is 4.74 Å². The molecule has 2 heterocycles. The fraction of sp³-hybridized carbons (Fsp3) is 0.294. The quantitative estimate of drug-likeness (QED) is 0.477. The van der Waals surface area contributed by atoms with Gasteiger partial charge < -0.3 is 14.5 Å². The first-order valence-electron chi connectivity index (χ1n) is 7.88. The largest absolute Gasteiger partial charge is 0.465 e. The number of piperazine rings is 1. The second-order valence-electron chi connectivity index (χ2n) is 5.61. The molecule has 0 spiro atoms. The lowest BCUT2D eigenvalue weighted by Crippen LogP contribution is -2.47. The van der Waals surface area contributed by atoms with Crippen LogP contribution in [0.4, 0.5) is 17.2 Å². The fourth-order valence-electron chi connectivity index (χ4n) is 2.90. The van der Waals surface area contributed by atoms with Crippen molar-refractivity contribution >= 4 is 23.2 Å². The highest BCUT2D eigenvalue weighted by Crippen LogP contribution is 2.27. The lowest BCUT2D eigenvalue weighted by molar-refractivity contribution is -0.384. The van der Waals surface area contributed by atoms with E-state index >= 15 is 0 Å². The van der Waals surface area contributed by atoms with Gasteiger partial charge in [0.25, 0.3) is 5.69 Å². The van der Waals surface area contributed by atoms with Crippen molar-refractivity contribution in [1.82, 2.24) is 4.98 Å². The average molecular weight is 342 g/mol. The third-order valence-corrected chi connectivity index (χ3v) is 4.19. The van der Waals surface area contributed by atoms with Crippen LogP contribution in [0.2, 0.25) is 0 Å². The van der Waals surface area contributed by atoms with E-state index in [1.54, 1.807) is 12.3 Å². The summed E-state index contributed by atoms with van der Waals surface area (Å²) in [6.07, 6.45) is 1.76. The van der Waals surface area contributed by atoms with Gasteiger partial charge in [-0.25, -0.2) is 9.78 Å². The zero-order valence-electron chi connectivity index (χ0n) is 13.8. The number of nitro groups is 1. The summed E-state index contributed by atoms with van der Waals surface area (Å²) < 4.78 is 4.78. The number of non-ortho nitro benzene ring substituents is 1. The predicted molar refractivity (Wildman–Crippen MR) is 93.1 cm³/mol. The SMILES string of the molecule is COC(=O)c1cc([N+](=O)[O-])ccc1N1CCN(c2ccccn2)CC1. The normalized spacial score (nSPS) is 14.3. The Bertz CT molecular complexity index is 773. The van der Waals surface area contributed by atoms with Crippen LogP contribution < -0.4 is 9.80 Å². The number of rotatable bonds is 4. The highest BCUT2D eigenvalue weighted by molar-refractivity contribution is 5.96. The maximum atomic E-state index is 12.0. The van der Waals surface area contributed by atoms with Gasteiger partial charge in [-0.2, -0.15) is 0 Å². The molecule has 25 heavy (non-hydrogen) atoms. The fourth-order valence-corrected chi connectivity index (χ4v) is 2.90. The zero-order valence-corrected chi connectivity index (χ0v) is 13.8. The van der Waals surface area contributed by atoms with Gasteiger partial charge >= 0.3 is 5.97 Å². The van der Waals surface area contributed by atoms with Crippen LogP contribution in [0.15, 0.2) is 42.6 Å². The molecule has 0 N–H and O–H groups in total. The molecule has 0 amide bonds. The molecule has 1 aliphatic heterocycles. The Hall–Kier alpha value is -3.16. The minimum atomic E-state index is -0.578. The minimum absolute atomic E-state index is 0.128. The Morgan fingerprint density at radius 2 is 1.88 bits per heavy atom. The maximum absolute atomic E-state index is 12.0. The van der Waals surface area contributed by atoms with Crippen LogP contribution in [0, 0.1) is 10.1 Å². The number of hydrogen-bond acceptors (Lipinski definition) is 7. The van der Waals surface area contributed by atoms with Gasteiger partial charge in [0, 0.05) is 44.5 Å². The summed E-state index contributed by atoms with van der Waals surface area (Å²) in [4.78, 5) is 31.1. The molecule has 3 rings (SSSR count). The molecule has 1 aromatic carbocycles. The van der Waals surface area contributed by atoms with E-state index < -0.39 is 10.9 Å². The van der Waals surface area contributed by atoms with Gasteiger partial charge in [0.05, 0.1) is 23.3 Å². The Morgan fingerprint density at radius 1 is 1.16 bits per heavy atom. The number of nitrogens with zero attached hydrogens (tertiary/aromatic N) is 4. The van der Waals surface area contributed by atoms with Crippen LogP contribution in [0.5, 0.6) is 0 Å². The Kier molecular flexibility index (Phi) is 4.78. The average Bonchev–Trinajstić information content (AvgIpc) is 2.67. The molecular formula is C17H18N4O4. The standard InChI is InChI=1S/C17H18N4O4/c1-25-17(22)14-12-13(21(23)24)5-6-15(14)19-8-10-20(11-9-19)16-4-2-3-7-18-16/h2-7,12H,8-11H2,1H3. The number of pyridine rings is 1. The molecule has 8 nitrogen and oxygen atoms in total. The monoisotopic (exact) mass is 342 g/mol. The second-order valence-corrected chi connectivity index (χ2v) is 5.61. The Balaban J connectivity index is 1.81. The molecule has 0 radical (unpaired) electrons. The van der Waals surface area contributed by atoms with E-state index in [0.29, 0.717) is 18.8 Å². The molecular weight excluding hydrogens is 324 g/mol. The summed E-state index contributed by atoms with van der Waals surface area (Å²) in [5, 5.41) is 11.0. The number of methoxy groups -OCH3 is 1. The lowest BCUT2D eigenvalue weighted by Gasteiger charge is -2.37. The molecule has 0 atom stereocenters. The zero-order chi connectivity index (χ0) is 17.8. The van der Waals surface area contributed by atoms with E-state index in [1.165, 1.54) is 19.2 Å². The molecule has 130 valence electrons. The number of nitro benzene ring substituents is 1. The topological polar surface area (TPSA) is 88.8 Å². The number of hydrogen-bond donors (Lipinski definition) is 0. The first kappa shape index (κ1) is 16.7. The molecule has 8 heteroatoms. The molecule has 1 aliphatic rings. The van der Waals surface area contributed by atoms with Gasteiger partial charge in [-0.15, -0.1) is 0 Å². The summed E-state index contributed by atoms with van der Waals surface area (Å²) >= 11 is 0. The van der Waals surface area contributed by atoms with E-state index in [2.05, 4.69) is 9.88 Å². The molecule has 1 fully saturated rings. The number of aromatic nitrogens is 1. The molecule has 2 aromatic rings. The molecule has 1 aromatic heterocycles. The van der Waals surface area contributed by atoms with Gasteiger partial charge in [-0.3, -0.25) is 10.1 Å². The second kappa shape index (κ2) is 7.16. The van der Waals surface area contributed by atoms with E-state index in [9.17, 15) is 14.9 Å². The number of ether oxygens (including phenoxy) is 1. The van der Waals surface area contributed by atoms with E-state index in [4.69, 9.17) is 4.74 Å². The first-order valence-corrected chi connectivity index (χ1v) is 7.88. The maximum Gasteiger partial charge on any atom is 0.340 e. The number of benzene rings is 1. The van der Waals surface area contributed by atoms with Crippen LogP contribution >= 0.6 is 0 Å². The number of carbonyl (C=O) groups is 1. The van der Waals surface area contributed by atoms with Crippen molar-refractivity contribution in [1.29, 1.82) is 0 Å². The Labute approximate surface area is 144 Å². The highest BCUT2D eigenvalue weighted by Gasteiger charge is 2.24. The summed E-state index contributed by atoms with van der Waals surface area (Å²) in [6.45, 7) is 2.85. The summed E-state index contributed by atoms with van der Waals surface area (Å²) in [7, 11) is 1.27. The predicted octanol–water partition coefficient (Wildman–Crippen LogP) is 2.10. The van der Waals surface area contributed by atoms with Crippen LogP contribution in [-0.4, -0.2) is 49.2 Å². The van der Waals surface area contributed by atoms with Crippen molar-refractivity contribution in [2.75, 3.05) is 43.1 Å². The highest BCUT2D eigenvalue weighted by atomic mass is 16.6. The van der Waals surface area contributed by atoms with Crippen molar-refractivity contribution in [3.63, 3.8) is 0 Å². The van der Waals surface area contributed by atoms with Crippen LogP contribution in [0.1, 0.15) is 10.4 Å². The van der Waals surface area contributed by atoms with Gasteiger partial charge in [-0.05, 0) is 18.2 Å². The third kappa shape index (κ3) is 3.52. The van der Waals surface area contributed by atoms with Crippen molar-refractivity contribution in [2.45, 2.75) is 0 Å². The molecule has 0 saturated carbocycles. The third-order valence-electron chi connectivity index (χ3n) is 4.19. The number of carbonyl (C=O) groups excluding carboxylic acids is 1. The lowest BCUT2D eigenvalue weighted by atomic mass is 10.1. The summed E-state index contributed by atoms with van der Waals surface area (Å²) in [5.41, 5.74) is 0.734. The van der Waals surface area contributed by atoms with Gasteiger partial charge in [0.1, 0.15) is 5.82 Å². The van der Waals surface area contributed by atoms with Crippen LogP contribution in [0.3, 0.4) is 0 Å². The molecule has 0 aliphatic carbocycles. The molecule has 0 unspecified atom stereocenters. The minimum Gasteiger partial charge on any atom is -0.465 e.